The van der Waals surface area contributed by atoms with E-state index in [9.17, 15) is 9.90 Å². The number of aliphatic hydroxyl groups is 1. The topological polar surface area (TPSA) is 48.7 Å². The van der Waals surface area contributed by atoms with E-state index in [0.29, 0.717) is 6.04 Å². The normalized spacial score (nSPS) is 25.5. The largest absolute Gasteiger partial charge is 0.391 e. The van der Waals surface area contributed by atoms with Crippen LogP contribution in [-0.4, -0.2) is 63.7 Å². The molecule has 128 valence electrons. The molecule has 4 rings (SSSR count). The molecule has 1 aromatic carbocycles. The number of rotatable bonds is 2. The third-order valence-corrected chi connectivity index (χ3v) is 5.64. The highest BCUT2D eigenvalue weighted by molar-refractivity contribution is 6.07. The van der Waals surface area contributed by atoms with E-state index in [1.807, 2.05) is 47.0 Å². The summed E-state index contributed by atoms with van der Waals surface area (Å²) in [6, 6.07) is 8.35. The summed E-state index contributed by atoms with van der Waals surface area (Å²) < 4.78 is 2.02. The van der Waals surface area contributed by atoms with Crippen LogP contribution in [0.2, 0.25) is 0 Å². The van der Waals surface area contributed by atoms with Crippen molar-refractivity contribution in [1.29, 1.82) is 0 Å². The Labute approximate surface area is 142 Å². The SMILES string of the molecule is Cn1cc(C(=O)N2CCN([C@@H]3CCC[C@H]3O)CC2)c2ccccc21. The maximum Gasteiger partial charge on any atom is 0.256 e. The minimum Gasteiger partial charge on any atom is -0.391 e. The van der Waals surface area contributed by atoms with Crippen LogP contribution in [0.15, 0.2) is 30.5 Å². The molecular formula is C19H25N3O2. The second kappa shape index (κ2) is 6.22. The molecule has 2 atom stereocenters. The van der Waals surface area contributed by atoms with Gasteiger partial charge in [0.05, 0.1) is 11.7 Å². The predicted molar refractivity (Wildman–Crippen MR) is 94.0 cm³/mol. The lowest BCUT2D eigenvalue weighted by Gasteiger charge is -2.39. The number of carbonyl (C=O) groups excluding carboxylic acids is 1. The van der Waals surface area contributed by atoms with Crippen LogP contribution in [0, 0.1) is 0 Å². The molecular weight excluding hydrogens is 302 g/mol. The highest BCUT2D eigenvalue weighted by Gasteiger charge is 2.33. The maximum atomic E-state index is 13.0. The Morgan fingerprint density at radius 3 is 2.58 bits per heavy atom. The number of amides is 1. The Kier molecular flexibility index (Phi) is 4.06. The van der Waals surface area contributed by atoms with Gasteiger partial charge in [0.25, 0.3) is 5.91 Å². The number of fused-ring (bicyclic) bond motifs is 1. The molecule has 1 saturated heterocycles. The van der Waals surface area contributed by atoms with Crippen molar-refractivity contribution in [1.82, 2.24) is 14.4 Å². The summed E-state index contributed by atoms with van der Waals surface area (Å²) in [6.45, 7) is 3.20. The van der Waals surface area contributed by atoms with Crippen molar-refractivity contribution in [3.05, 3.63) is 36.0 Å². The van der Waals surface area contributed by atoms with Gasteiger partial charge in [0.2, 0.25) is 0 Å². The van der Waals surface area contributed by atoms with Gasteiger partial charge >= 0.3 is 0 Å². The lowest BCUT2D eigenvalue weighted by molar-refractivity contribution is 0.0316. The summed E-state index contributed by atoms with van der Waals surface area (Å²) in [7, 11) is 1.98. The summed E-state index contributed by atoms with van der Waals surface area (Å²) in [4.78, 5) is 17.3. The van der Waals surface area contributed by atoms with Crippen molar-refractivity contribution in [2.75, 3.05) is 26.2 Å². The van der Waals surface area contributed by atoms with E-state index in [1.165, 1.54) is 0 Å². The van der Waals surface area contributed by atoms with Crippen molar-refractivity contribution in [2.24, 2.45) is 7.05 Å². The monoisotopic (exact) mass is 327 g/mol. The van der Waals surface area contributed by atoms with Crippen LogP contribution in [0.1, 0.15) is 29.6 Å². The Bertz CT molecular complexity index is 746. The minimum absolute atomic E-state index is 0.124. The van der Waals surface area contributed by atoms with Gasteiger partial charge in [-0.3, -0.25) is 9.69 Å². The average Bonchev–Trinajstić information content (AvgIpc) is 3.19. The van der Waals surface area contributed by atoms with Gasteiger partial charge in [0.15, 0.2) is 0 Å². The molecule has 1 N–H and O–H groups in total. The zero-order valence-corrected chi connectivity index (χ0v) is 14.2. The number of carbonyl (C=O) groups is 1. The van der Waals surface area contributed by atoms with Crippen molar-refractivity contribution in [3.63, 3.8) is 0 Å². The number of aryl methyl sites for hydroxylation is 1. The minimum atomic E-state index is -0.190. The molecule has 1 aliphatic heterocycles. The molecule has 2 fully saturated rings. The third-order valence-electron chi connectivity index (χ3n) is 5.64. The van der Waals surface area contributed by atoms with Gasteiger partial charge in [-0.2, -0.15) is 0 Å². The zero-order chi connectivity index (χ0) is 16.7. The lowest BCUT2D eigenvalue weighted by Crippen LogP contribution is -2.53. The molecule has 1 amide bonds. The Balaban J connectivity index is 1.48. The van der Waals surface area contributed by atoms with E-state index in [4.69, 9.17) is 0 Å². The van der Waals surface area contributed by atoms with Crippen molar-refractivity contribution in [2.45, 2.75) is 31.4 Å². The van der Waals surface area contributed by atoms with E-state index < -0.39 is 0 Å². The van der Waals surface area contributed by atoms with Gasteiger partial charge in [0, 0.05) is 56.4 Å². The second-order valence-corrected chi connectivity index (χ2v) is 7.06. The molecule has 0 radical (unpaired) electrons. The fraction of sp³-hybridized carbons (Fsp3) is 0.526. The van der Waals surface area contributed by atoms with Gasteiger partial charge in [0.1, 0.15) is 0 Å². The van der Waals surface area contributed by atoms with E-state index in [-0.39, 0.29) is 12.0 Å². The Hall–Kier alpha value is -1.85. The first-order valence-electron chi connectivity index (χ1n) is 8.90. The number of aliphatic hydroxyl groups excluding tert-OH is 1. The molecule has 5 heteroatoms. The first-order chi connectivity index (χ1) is 11.6. The lowest BCUT2D eigenvalue weighted by atomic mass is 10.1. The quantitative estimate of drug-likeness (QED) is 0.916. The van der Waals surface area contributed by atoms with E-state index in [1.54, 1.807) is 0 Å². The van der Waals surface area contributed by atoms with Gasteiger partial charge in [-0.15, -0.1) is 0 Å². The van der Waals surface area contributed by atoms with Gasteiger partial charge in [-0.25, -0.2) is 0 Å². The van der Waals surface area contributed by atoms with Crippen molar-refractivity contribution >= 4 is 16.8 Å². The van der Waals surface area contributed by atoms with Crippen molar-refractivity contribution in [3.8, 4) is 0 Å². The summed E-state index contributed by atoms with van der Waals surface area (Å²) in [5.74, 6) is 0.124. The Morgan fingerprint density at radius 2 is 1.88 bits per heavy atom. The number of benzene rings is 1. The number of hydrogen-bond donors (Lipinski definition) is 1. The molecule has 1 saturated carbocycles. The zero-order valence-electron chi connectivity index (χ0n) is 14.2. The maximum absolute atomic E-state index is 13.0. The third kappa shape index (κ3) is 2.62. The number of para-hydroxylation sites is 1. The smallest absolute Gasteiger partial charge is 0.256 e. The average molecular weight is 327 g/mol. The van der Waals surface area contributed by atoms with Crippen LogP contribution in [-0.2, 0) is 7.05 Å². The molecule has 5 nitrogen and oxygen atoms in total. The van der Waals surface area contributed by atoms with E-state index in [0.717, 1.165) is 61.9 Å². The van der Waals surface area contributed by atoms with Crippen LogP contribution >= 0.6 is 0 Å². The molecule has 2 heterocycles. The molecule has 0 spiro atoms. The molecule has 2 aliphatic rings. The summed E-state index contributed by atoms with van der Waals surface area (Å²) in [5, 5.41) is 11.1. The number of aromatic nitrogens is 1. The Morgan fingerprint density at radius 1 is 1.12 bits per heavy atom. The standard InChI is InChI=1S/C19H25N3O2/c1-20-13-15(14-5-2-3-6-16(14)20)19(24)22-11-9-21(10-12-22)17-7-4-8-18(17)23/h2-3,5-6,13,17-18,23H,4,7-12H2,1H3/t17-,18-/m1/s1. The fourth-order valence-corrected chi connectivity index (χ4v) is 4.29. The number of piperazine rings is 1. The van der Waals surface area contributed by atoms with Crippen LogP contribution in [0.4, 0.5) is 0 Å². The van der Waals surface area contributed by atoms with Crippen LogP contribution < -0.4 is 0 Å². The highest BCUT2D eigenvalue weighted by atomic mass is 16.3. The molecule has 1 aliphatic carbocycles. The summed E-state index contributed by atoms with van der Waals surface area (Å²) in [6.07, 6.45) is 4.87. The fourth-order valence-electron chi connectivity index (χ4n) is 4.29. The predicted octanol–water partition coefficient (Wildman–Crippen LogP) is 1.85. The van der Waals surface area contributed by atoms with Crippen LogP contribution in [0.25, 0.3) is 10.9 Å². The van der Waals surface area contributed by atoms with Gasteiger partial charge in [-0.05, 0) is 25.3 Å². The summed E-state index contributed by atoms with van der Waals surface area (Å²) >= 11 is 0. The molecule has 24 heavy (non-hydrogen) atoms. The van der Waals surface area contributed by atoms with Gasteiger partial charge in [-0.1, -0.05) is 18.2 Å². The molecule has 1 aromatic heterocycles. The van der Waals surface area contributed by atoms with Crippen LogP contribution in [0.5, 0.6) is 0 Å². The highest BCUT2D eigenvalue weighted by Crippen LogP contribution is 2.26. The summed E-state index contributed by atoms with van der Waals surface area (Å²) in [5.41, 5.74) is 1.89. The first kappa shape index (κ1) is 15.7. The second-order valence-electron chi connectivity index (χ2n) is 7.06. The molecule has 2 aromatic rings. The number of nitrogens with zero attached hydrogens (tertiary/aromatic N) is 3. The number of hydrogen-bond acceptors (Lipinski definition) is 3. The van der Waals surface area contributed by atoms with Crippen LogP contribution in [0.3, 0.4) is 0 Å². The van der Waals surface area contributed by atoms with E-state index in [2.05, 4.69) is 4.90 Å². The first-order valence-corrected chi connectivity index (χ1v) is 8.90. The van der Waals surface area contributed by atoms with E-state index >= 15 is 0 Å². The van der Waals surface area contributed by atoms with Gasteiger partial charge < -0.3 is 14.6 Å². The molecule has 0 bridgehead atoms. The molecule has 0 unspecified atom stereocenters. The van der Waals surface area contributed by atoms with Crippen molar-refractivity contribution < 1.29 is 9.90 Å².